The Kier molecular flexibility index (Phi) is 6.40. The Bertz CT molecular complexity index is 1420. The van der Waals surface area contributed by atoms with E-state index in [0.717, 1.165) is 28.1 Å². The van der Waals surface area contributed by atoms with Crippen LogP contribution in [-0.4, -0.2) is 29.5 Å². The fourth-order valence-electron chi connectivity index (χ4n) is 4.05. The Morgan fingerprint density at radius 2 is 1.97 bits per heavy atom. The third-order valence-electron chi connectivity index (χ3n) is 5.60. The molecule has 4 aromatic rings. The topological polar surface area (TPSA) is 111 Å². The summed E-state index contributed by atoms with van der Waals surface area (Å²) in [5, 5.41) is 7.33. The molecule has 9 heteroatoms. The van der Waals surface area contributed by atoms with Gasteiger partial charge >= 0.3 is 12.0 Å². The van der Waals surface area contributed by atoms with Crippen LogP contribution in [0.25, 0.3) is 22.6 Å². The van der Waals surface area contributed by atoms with Crippen molar-refractivity contribution in [1.82, 2.24) is 15.6 Å². The average Bonchev–Trinajstić information content (AvgIpc) is 3.63. The number of allylic oxidation sites excluding steroid dienone is 1. The number of carbonyl (C=O) groups excluding carboxylic acids is 3. The number of fused-ring (bicyclic) bond motifs is 2. The molecule has 1 aliphatic rings. The van der Waals surface area contributed by atoms with Gasteiger partial charge in [0.05, 0.1) is 29.6 Å². The molecule has 35 heavy (non-hydrogen) atoms. The lowest BCUT2D eigenvalue weighted by molar-refractivity contribution is -0.123. The molecule has 176 valence electrons. The molecule has 0 bridgehead atoms. The lowest BCUT2D eigenvalue weighted by Crippen LogP contribution is -2.41. The minimum atomic E-state index is -0.733. The van der Waals surface area contributed by atoms with Crippen molar-refractivity contribution in [2.75, 3.05) is 6.61 Å². The third kappa shape index (κ3) is 4.99. The van der Waals surface area contributed by atoms with Gasteiger partial charge in [-0.05, 0) is 59.7 Å². The van der Waals surface area contributed by atoms with Crippen molar-refractivity contribution in [3.63, 3.8) is 0 Å². The van der Waals surface area contributed by atoms with Crippen LogP contribution in [0.3, 0.4) is 0 Å². The van der Waals surface area contributed by atoms with Gasteiger partial charge < -0.3 is 14.5 Å². The summed E-state index contributed by atoms with van der Waals surface area (Å²) in [6.45, 7) is -0.460. The van der Waals surface area contributed by atoms with Crippen molar-refractivity contribution < 1.29 is 23.5 Å². The van der Waals surface area contributed by atoms with Crippen LogP contribution >= 0.6 is 11.3 Å². The highest BCUT2D eigenvalue weighted by atomic mass is 32.1. The minimum Gasteiger partial charge on any atom is -0.467 e. The number of para-hydroxylation sites is 1. The number of ether oxygens (including phenoxy) is 1. The second-order valence-corrected chi connectivity index (χ2v) is 8.88. The van der Waals surface area contributed by atoms with Gasteiger partial charge in [0.25, 0.3) is 5.91 Å². The van der Waals surface area contributed by atoms with Crippen molar-refractivity contribution >= 4 is 51.8 Å². The molecule has 2 N–H and O–H groups in total. The molecule has 0 unspecified atom stereocenters. The number of esters is 1. The first-order valence-corrected chi connectivity index (χ1v) is 11.9. The Morgan fingerprint density at radius 1 is 1.09 bits per heavy atom. The zero-order valence-corrected chi connectivity index (χ0v) is 19.4. The highest BCUT2D eigenvalue weighted by molar-refractivity contribution is 7.10. The van der Waals surface area contributed by atoms with E-state index < -0.39 is 24.5 Å². The maximum atomic E-state index is 13.2. The van der Waals surface area contributed by atoms with Crippen molar-refractivity contribution in [2.45, 2.75) is 19.4 Å². The normalized spacial score (nSPS) is 13.5. The molecule has 3 aromatic heterocycles. The van der Waals surface area contributed by atoms with Crippen LogP contribution < -0.4 is 10.6 Å². The number of urea groups is 1. The summed E-state index contributed by atoms with van der Waals surface area (Å²) in [4.78, 5) is 43.2. The maximum absolute atomic E-state index is 13.2. The van der Waals surface area contributed by atoms with Crippen LogP contribution in [0.1, 0.15) is 38.7 Å². The molecule has 0 atom stereocenters. The summed E-state index contributed by atoms with van der Waals surface area (Å²) in [6, 6.07) is 14.1. The average molecular weight is 488 g/mol. The number of furan rings is 1. The van der Waals surface area contributed by atoms with Crippen molar-refractivity contribution in [3.8, 4) is 0 Å². The van der Waals surface area contributed by atoms with Crippen LogP contribution in [0.15, 0.2) is 64.6 Å². The molecule has 0 saturated carbocycles. The molecule has 8 nitrogen and oxygen atoms in total. The molecule has 0 aliphatic heterocycles. The monoisotopic (exact) mass is 487 g/mol. The molecule has 3 heterocycles. The number of hydrogen-bond donors (Lipinski definition) is 2. The lowest BCUT2D eigenvalue weighted by Gasteiger charge is -2.12. The second kappa shape index (κ2) is 9.94. The SMILES string of the molecule is O=C(COC(=O)c1c2c(nc3ccccc13)C(=Cc1cccs1)CC2)NC(=O)NCc1ccco1. The summed E-state index contributed by atoms with van der Waals surface area (Å²) in [6.07, 6.45) is 4.99. The number of nitrogens with one attached hydrogen (secondary N) is 2. The zero-order valence-electron chi connectivity index (χ0n) is 18.6. The van der Waals surface area contributed by atoms with E-state index in [4.69, 9.17) is 14.1 Å². The van der Waals surface area contributed by atoms with Gasteiger partial charge in [0, 0.05) is 10.3 Å². The highest BCUT2D eigenvalue weighted by Gasteiger charge is 2.28. The van der Waals surface area contributed by atoms with E-state index in [1.165, 1.54) is 6.26 Å². The van der Waals surface area contributed by atoms with Gasteiger partial charge in [-0.25, -0.2) is 14.6 Å². The number of rotatable bonds is 6. The quantitative estimate of drug-likeness (QED) is 0.386. The van der Waals surface area contributed by atoms with Gasteiger partial charge in [-0.15, -0.1) is 11.3 Å². The van der Waals surface area contributed by atoms with E-state index in [-0.39, 0.29) is 6.54 Å². The molecular formula is C26H21N3O5S. The van der Waals surface area contributed by atoms with E-state index >= 15 is 0 Å². The van der Waals surface area contributed by atoms with Gasteiger partial charge in [0.2, 0.25) is 0 Å². The van der Waals surface area contributed by atoms with Crippen LogP contribution in [0.5, 0.6) is 0 Å². The molecule has 1 aliphatic carbocycles. The fraction of sp³-hybridized carbons (Fsp3) is 0.154. The van der Waals surface area contributed by atoms with Crippen LogP contribution in [0, 0.1) is 0 Å². The lowest BCUT2D eigenvalue weighted by atomic mass is 10.0. The van der Waals surface area contributed by atoms with E-state index in [0.29, 0.717) is 28.6 Å². The number of hydrogen-bond acceptors (Lipinski definition) is 7. The Morgan fingerprint density at radius 3 is 2.77 bits per heavy atom. The standard InChI is InChI=1S/C26H21N3O5S/c30-22(29-26(32)27-14-17-5-3-11-33-17)15-34-25(31)23-19-7-1-2-8-21(19)28-24-16(9-10-20(23)24)13-18-6-4-12-35-18/h1-8,11-13H,9-10,14-15H2,(H2,27,29,30,32). The molecular weight excluding hydrogens is 466 g/mol. The van der Waals surface area contributed by atoms with Crippen LogP contribution in [0.2, 0.25) is 0 Å². The second-order valence-electron chi connectivity index (χ2n) is 7.90. The molecule has 1 aromatic carbocycles. The van der Waals surface area contributed by atoms with Gasteiger partial charge in [0.15, 0.2) is 6.61 Å². The van der Waals surface area contributed by atoms with Crippen molar-refractivity contribution in [3.05, 3.63) is 87.6 Å². The zero-order chi connectivity index (χ0) is 24.2. The summed E-state index contributed by atoms with van der Waals surface area (Å²) in [5.74, 6) is -0.808. The van der Waals surface area contributed by atoms with Crippen molar-refractivity contribution in [2.24, 2.45) is 0 Å². The summed E-state index contributed by atoms with van der Waals surface area (Å²) < 4.78 is 10.4. The van der Waals surface area contributed by atoms with Gasteiger partial charge in [-0.3, -0.25) is 10.1 Å². The number of pyridine rings is 1. The molecule has 3 amide bonds. The number of carbonyl (C=O) groups is 3. The third-order valence-corrected chi connectivity index (χ3v) is 6.42. The first kappa shape index (κ1) is 22.5. The predicted octanol–water partition coefficient (Wildman–Crippen LogP) is 4.56. The number of thiophene rings is 1. The number of nitrogens with zero attached hydrogens (tertiary/aromatic N) is 1. The highest BCUT2D eigenvalue weighted by Crippen LogP contribution is 2.38. The summed E-state index contributed by atoms with van der Waals surface area (Å²) >= 11 is 1.64. The Labute approximate surface area is 204 Å². The van der Waals surface area contributed by atoms with E-state index in [9.17, 15) is 14.4 Å². The predicted molar refractivity (Wildman–Crippen MR) is 132 cm³/mol. The first-order valence-electron chi connectivity index (χ1n) is 11.0. The Balaban J connectivity index is 1.31. The van der Waals surface area contributed by atoms with Crippen molar-refractivity contribution in [1.29, 1.82) is 0 Å². The Hall–Kier alpha value is -4.24. The number of imide groups is 1. The fourth-order valence-corrected chi connectivity index (χ4v) is 4.73. The van der Waals surface area contributed by atoms with Gasteiger partial charge in [0.1, 0.15) is 5.76 Å². The minimum absolute atomic E-state index is 0.127. The smallest absolute Gasteiger partial charge is 0.339 e. The molecule has 0 fully saturated rings. The summed E-state index contributed by atoms with van der Waals surface area (Å²) in [7, 11) is 0. The van der Waals surface area contributed by atoms with E-state index in [1.807, 2.05) is 41.8 Å². The van der Waals surface area contributed by atoms with Crippen LogP contribution in [-0.2, 0) is 22.5 Å². The van der Waals surface area contributed by atoms with Gasteiger partial charge in [-0.1, -0.05) is 24.3 Å². The number of aromatic nitrogens is 1. The van der Waals surface area contributed by atoms with Gasteiger partial charge in [-0.2, -0.15) is 0 Å². The molecule has 5 rings (SSSR count). The molecule has 0 radical (unpaired) electrons. The molecule has 0 spiro atoms. The van der Waals surface area contributed by atoms with E-state index in [2.05, 4.69) is 16.7 Å². The van der Waals surface area contributed by atoms with E-state index in [1.54, 1.807) is 23.5 Å². The number of benzene rings is 1. The van der Waals surface area contributed by atoms with Crippen LogP contribution in [0.4, 0.5) is 4.79 Å². The molecule has 0 saturated heterocycles. The summed E-state index contributed by atoms with van der Waals surface area (Å²) in [5.41, 5.74) is 3.75. The maximum Gasteiger partial charge on any atom is 0.339 e. The first-order chi connectivity index (χ1) is 17.1. The number of amides is 3. The largest absolute Gasteiger partial charge is 0.467 e.